The summed E-state index contributed by atoms with van der Waals surface area (Å²) in [5.41, 5.74) is -0.916. The van der Waals surface area contributed by atoms with E-state index in [-0.39, 0.29) is 36.1 Å². The Morgan fingerprint density at radius 2 is 2.04 bits per heavy atom. The Kier molecular flexibility index (Phi) is 4.05. The molecule has 140 valence electrons. The lowest BCUT2D eigenvalue weighted by molar-refractivity contribution is -0.141. The number of carbonyl (C=O) groups excluding carboxylic acids is 1. The highest BCUT2D eigenvalue weighted by atomic mass is 32.2. The second-order valence-corrected chi connectivity index (χ2v) is 8.44. The fourth-order valence-electron chi connectivity index (χ4n) is 3.52. The number of rotatable bonds is 3. The van der Waals surface area contributed by atoms with Gasteiger partial charge in [0.05, 0.1) is 11.1 Å². The molecule has 1 aliphatic heterocycles. The molecule has 2 fully saturated rings. The Morgan fingerprint density at radius 3 is 2.62 bits per heavy atom. The highest BCUT2D eigenvalue weighted by Gasteiger charge is 2.51. The number of aromatic nitrogens is 2. The molecule has 1 atom stereocenters. The van der Waals surface area contributed by atoms with E-state index in [4.69, 9.17) is 0 Å². The normalized spacial score (nSPS) is 25.7. The second-order valence-electron chi connectivity index (χ2n) is 6.75. The van der Waals surface area contributed by atoms with Crippen LogP contribution < -0.4 is 5.32 Å². The third-order valence-corrected chi connectivity index (χ3v) is 6.32. The van der Waals surface area contributed by atoms with Gasteiger partial charge in [0.25, 0.3) is 5.91 Å². The second kappa shape index (κ2) is 6.04. The lowest BCUT2D eigenvalue weighted by Gasteiger charge is -2.27. The molecule has 6 nitrogen and oxygen atoms in total. The number of nitrogens with zero attached hydrogens (tertiary/aromatic N) is 3. The van der Waals surface area contributed by atoms with E-state index in [1.165, 1.54) is 10.5 Å². The molecule has 0 radical (unpaired) electrons. The molecule has 1 aromatic heterocycles. The van der Waals surface area contributed by atoms with Crippen LogP contribution in [0.1, 0.15) is 35.3 Å². The Labute approximate surface area is 150 Å². The number of halogens is 3. The van der Waals surface area contributed by atoms with Gasteiger partial charge in [-0.25, -0.2) is 9.97 Å². The van der Waals surface area contributed by atoms with E-state index in [0.29, 0.717) is 0 Å². The van der Waals surface area contributed by atoms with E-state index in [1.807, 2.05) is 0 Å². The first kappa shape index (κ1) is 17.4. The van der Waals surface area contributed by atoms with Crippen molar-refractivity contribution >= 4 is 22.7 Å². The lowest BCUT2D eigenvalue weighted by Crippen LogP contribution is -2.42. The maximum Gasteiger partial charge on any atom is 0.434 e. The number of anilines is 1. The Balaban J connectivity index is 1.61. The van der Waals surface area contributed by atoms with Gasteiger partial charge in [-0.15, -0.1) is 0 Å². The van der Waals surface area contributed by atoms with Crippen LogP contribution in [0.2, 0.25) is 0 Å². The van der Waals surface area contributed by atoms with Crippen LogP contribution in [-0.2, 0) is 17.0 Å². The van der Waals surface area contributed by atoms with E-state index < -0.39 is 34.1 Å². The van der Waals surface area contributed by atoms with Crippen molar-refractivity contribution in [2.45, 2.75) is 31.0 Å². The van der Waals surface area contributed by atoms with Crippen molar-refractivity contribution in [2.24, 2.45) is 0 Å². The van der Waals surface area contributed by atoms with Crippen molar-refractivity contribution in [2.75, 3.05) is 29.9 Å². The van der Waals surface area contributed by atoms with Crippen LogP contribution in [0.25, 0.3) is 0 Å². The standard InChI is InChI=1S/C16H17F3N4O2S/c17-16(18,19)12-11(13(24)23-4-6-26(25)7-5-23)9-20-14(21-12)22-15-3-1-2-10(15)8-15/h2,9H,1,3-8H2,(H,20,21,22). The van der Waals surface area contributed by atoms with Gasteiger partial charge < -0.3 is 10.2 Å². The van der Waals surface area contributed by atoms with Crippen molar-refractivity contribution in [1.82, 2.24) is 14.9 Å². The zero-order valence-electron chi connectivity index (χ0n) is 13.8. The van der Waals surface area contributed by atoms with Crippen LogP contribution in [0.3, 0.4) is 0 Å². The topological polar surface area (TPSA) is 75.2 Å². The first-order chi connectivity index (χ1) is 12.3. The molecule has 2 heterocycles. The minimum atomic E-state index is -4.77. The van der Waals surface area contributed by atoms with Gasteiger partial charge in [0.15, 0.2) is 5.69 Å². The first-order valence-electron chi connectivity index (χ1n) is 8.35. The molecule has 0 spiro atoms. The maximum absolute atomic E-state index is 13.5. The first-order valence-corrected chi connectivity index (χ1v) is 9.83. The summed E-state index contributed by atoms with van der Waals surface area (Å²) >= 11 is 0. The van der Waals surface area contributed by atoms with E-state index in [1.54, 1.807) is 0 Å². The van der Waals surface area contributed by atoms with Crippen LogP contribution in [0.15, 0.2) is 17.8 Å². The lowest BCUT2D eigenvalue weighted by atomic mass is 10.2. The number of hydrogen-bond acceptors (Lipinski definition) is 5. The summed E-state index contributed by atoms with van der Waals surface area (Å²) in [6, 6.07) is 0. The Bertz CT molecular complexity index is 816. The number of hydrogen-bond donors (Lipinski definition) is 1. The van der Waals surface area contributed by atoms with Gasteiger partial charge in [0.1, 0.15) is 0 Å². The number of allylic oxidation sites excluding steroid dienone is 1. The zero-order valence-corrected chi connectivity index (χ0v) is 14.6. The monoisotopic (exact) mass is 386 g/mol. The van der Waals surface area contributed by atoms with Crippen molar-refractivity contribution < 1.29 is 22.2 Å². The Hall–Kier alpha value is -1.97. The minimum Gasteiger partial charge on any atom is -0.345 e. The molecule has 10 heteroatoms. The quantitative estimate of drug-likeness (QED) is 0.804. The third kappa shape index (κ3) is 3.10. The van der Waals surface area contributed by atoms with Crippen molar-refractivity contribution in [3.05, 3.63) is 29.1 Å². The average molecular weight is 386 g/mol. The molecule has 1 aromatic rings. The van der Waals surface area contributed by atoms with Gasteiger partial charge in [0.2, 0.25) is 5.95 Å². The summed E-state index contributed by atoms with van der Waals surface area (Å²) < 4.78 is 51.9. The van der Waals surface area contributed by atoms with Crippen molar-refractivity contribution in [3.63, 3.8) is 0 Å². The predicted octanol–water partition coefficient (Wildman–Crippen LogP) is 1.97. The molecule has 26 heavy (non-hydrogen) atoms. The van der Waals surface area contributed by atoms with E-state index >= 15 is 0 Å². The molecule has 0 bridgehead atoms. The molecule has 1 saturated carbocycles. The molecule has 4 rings (SSSR count). The van der Waals surface area contributed by atoms with Gasteiger partial charge in [-0.05, 0) is 24.8 Å². The van der Waals surface area contributed by atoms with E-state index in [0.717, 1.165) is 25.5 Å². The smallest absolute Gasteiger partial charge is 0.345 e. The molecule has 2 aliphatic carbocycles. The molecule has 3 aliphatic rings. The molecule has 1 saturated heterocycles. The van der Waals surface area contributed by atoms with Crippen molar-refractivity contribution in [1.29, 1.82) is 0 Å². The SMILES string of the molecule is O=C(c1cnc(NC23CCC=C2C3)nc1C(F)(F)F)N1CCS(=O)CC1. The van der Waals surface area contributed by atoms with Crippen LogP contribution in [0, 0.1) is 0 Å². The number of fused-ring (bicyclic) bond motifs is 1. The summed E-state index contributed by atoms with van der Waals surface area (Å²) in [5.74, 6) is -0.346. The van der Waals surface area contributed by atoms with Crippen LogP contribution >= 0.6 is 0 Å². The van der Waals surface area contributed by atoms with Crippen LogP contribution in [-0.4, -0.2) is 55.1 Å². The third-order valence-electron chi connectivity index (χ3n) is 5.05. The largest absolute Gasteiger partial charge is 0.434 e. The highest BCUT2D eigenvalue weighted by Crippen LogP contribution is 2.53. The van der Waals surface area contributed by atoms with Crippen molar-refractivity contribution in [3.8, 4) is 0 Å². The summed E-state index contributed by atoms with van der Waals surface area (Å²) in [6.45, 7) is 0.333. The summed E-state index contributed by atoms with van der Waals surface area (Å²) in [4.78, 5) is 21.4. The molecule has 0 aromatic carbocycles. The van der Waals surface area contributed by atoms with Gasteiger partial charge >= 0.3 is 6.18 Å². The number of nitrogens with one attached hydrogen (secondary N) is 1. The van der Waals surface area contributed by atoms with Gasteiger partial charge in [-0.3, -0.25) is 9.00 Å². The molecular formula is C16H17F3N4O2S. The van der Waals surface area contributed by atoms with Crippen LogP contribution in [0.5, 0.6) is 0 Å². The van der Waals surface area contributed by atoms with E-state index in [9.17, 15) is 22.2 Å². The van der Waals surface area contributed by atoms with Gasteiger partial charge in [-0.2, -0.15) is 13.2 Å². The summed E-state index contributed by atoms with van der Waals surface area (Å²) in [6.07, 6.45) is 0.765. The van der Waals surface area contributed by atoms with Crippen LogP contribution in [0.4, 0.5) is 19.1 Å². The number of alkyl halides is 3. The number of amides is 1. The molecule has 1 amide bonds. The maximum atomic E-state index is 13.5. The van der Waals surface area contributed by atoms with Gasteiger partial charge in [-0.1, -0.05) is 6.08 Å². The Morgan fingerprint density at radius 1 is 1.31 bits per heavy atom. The molecule has 1 unspecified atom stereocenters. The zero-order chi connectivity index (χ0) is 18.5. The fourth-order valence-corrected chi connectivity index (χ4v) is 4.57. The molecular weight excluding hydrogens is 369 g/mol. The van der Waals surface area contributed by atoms with Gasteiger partial charge in [0, 0.05) is 41.6 Å². The summed E-state index contributed by atoms with van der Waals surface area (Å²) in [7, 11) is -1.03. The van der Waals surface area contributed by atoms with E-state index in [2.05, 4.69) is 21.4 Å². The predicted molar refractivity (Wildman–Crippen MR) is 89.1 cm³/mol. The summed E-state index contributed by atoms with van der Waals surface area (Å²) in [5, 5.41) is 3.00. The minimum absolute atomic E-state index is 0.112. The average Bonchev–Trinajstić information content (AvgIpc) is 3.13. The molecule has 1 N–H and O–H groups in total. The highest BCUT2D eigenvalue weighted by molar-refractivity contribution is 7.85. The number of carbonyl (C=O) groups is 1. The fraction of sp³-hybridized carbons (Fsp3) is 0.562.